The molecule has 0 atom stereocenters. The summed E-state index contributed by atoms with van der Waals surface area (Å²) in [7, 11) is 0. The molecule has 0 radical (unpaired) electrons. The van der Waals surface area contributed by atoms with Crippen molar-refractivity contribution in [3.05, 3.63) is 96.7 Å². The fraction of sp³-hybridized carbons (Fsp3) is 0. The Morgan fingerprint density at radius 3 is 2.24 bits per heavy atom. The number of benzene rings is 3. The first kappa shape index (κ1) is 18.4. The van der Waals surface area contributed by atoms with E-state index in [1.54, 1.807) is 0 Å². The van der Waals surface area contributed by atoms with Crippen LogP contribution in [0.5, 0.6) is 11.5 Å². The van der Waals surface area contributed by atoms with Gasteiger partial charge in [-0.1, -0.05) is 36.4 Å². The molecule has 0 bridgehead atoms. The molecule has 4 rings (SSSR count). The van der Waals surface area contributed by atoms with Crippen LogP contribution in [-0.4, -0.2) is 9.97 Å². The van der Waals surface area contributed by atoms with Gasteiger partial charge in [0.2, 0.25) is 5.95 Å². The van der Waals surface area contributed by atoms with Crippen molar-refractivity contribution in [2.75, 3.05) is 10.6 Å². The van der Waals surface area contributed by atoms with Crippen molar-refractivity contribution in [2.45, 2.75) is 0 Å². The molecule has 0 amide bonds. The molecule has 1 aromatic heterocycles. The number of rotatable bonds is 6. The lowest BCUT2D eigenvalue weighted by Gasteiger charge is -2.13. The van der Waals surface area contributed by atoms with Crippen LogP contribution in [0.2, 0.25) is 0 Å². The lowest BCUT2D eigenvalue weighted by Crippen LogP contribution is -2.03. The van der Waals surface area contributed by atoms with Crippen LogP contribution in [0.25, 0.3) is 0 Å². The molecular formula is C22H16F2N4O. The average Bonchev–Trinajstić information content (AvgIpc) is 2.73. The molecule has 2 N–H and O–H groups in total. The standard InChI is InChI=1S/C22H16F2N4O/c23-16-9-6-10-17(24)21(16)27-20-13-14-25-22(28-20)26-18-11-4-5-12-19(18)29-15-7-2-1-3-8-15/h1-14H,(H2,25,26,27,28). The van der Waals surface area contributed by atoms with E-state index < -0.39 is 11.6 Å². The molecular weight excluding hydrogens is 374 g/mol. The quantitative estimate of drug-likeness (QED) is 0.421. The van der Waals surface area contributed by atoms with E-state index in [1.165, 1.54) is 30.5 Å². The SMILES string of the molecule is Fc1cccc(F)c1Nc1ccnc(Nc2ccccc2Oc2ccccc2)n1. The van der Waals surface area contributed by atoms with Gasteiger partial charge in [-0.15, -0.1) is 0 Å². The van der Waals surface area contributed by atoms with Gasteiger partial charge in [0.25, 0.3) is 0 Å². The highest BCUT2D eigenvalue weighted by molar-refractivity contribution is 5.65. The monoisotopic (exact) mass is 390 g/mol. The molecule has 0 saturated heterocycles. The van der Waals surface area contributed by atoms with Crippen molar-refractivity contribution in [2.24, 2.45) is 0 Å². The lowest BCUT2D eigenvalue weighted by molar-refractivity contribution is 0.485. The lowest BCUT2D eigenvalue weighted by atomic mass is 10.3. The number of para-hydroxylation sites is 4. The Hall–Kier alpha value is -4.00. The zero-order valence-corrected chi connectivity index (χ0v) is 15.1. The smallest absolute Gasteiger partial charge is 0.229 e. The van der Waals surface area contributed by atoms with E-state index in [4.69, 9.17) is 4.74 Å². The molecule has 4 aromatic rings. The van der Waals surface area contributed by atoms with E-state index in [0.29, 0.717) is 17.2 Å². The molecule has 0 aliphatic heterocycles. The summed E-state index contributed by atoms with van der Waals surface area (Å²) in [5.41, 5.74) is 0.371. The number of halogens is 2. The van der Waals surface area contributed by atoms with Crippen LogP contribution in [0.3, 0.4) is 0 Å². The number of nitrogens with zero attached hydrogens (tertiary/aromatic N) is 2. The average molecular weight is 390 g/mol. The van der Waals surface area contributed by atoms with Crippen LogP contribution in [0.1, 0.15) is 0 Å². The molecule has 144 valence electrons. The number of hydrogen-bond acceptors (Lipinski definition) is 5. The highest BCUT2D eigenvalue weighted by Crippen LogP contribution is 2.31. The third-order valence-corrected chi connectivity index (χ3v) is 3.98. The van der Waals surface area contributed by atoms with Gasteiger partial charge >= 0.3 is 0 Å². The van der Waals surface area contributed by atoms with Gasteiger partial charge in [0, 0.05) is 6.20 Å². The summed E-state index contributed by atoms with van der Waals surface area (Å²) >= 11 is 0. The fourth-order valence-corrected chi connectivity index (χ4v) is 2.63. The minimum atomic E-state index is -0.709. The Morgan fingerprint density at radius 1 is 0.724 bits per heavy atom. The van der Waals surface area contributed by atoms with E-state index in [2.05, 4.69) is 20.6 Å². The van der Waals surface area contributed by atoms with Crippen molar-refractivity contribution in [3.8, 4) is 11.5 Å². The molecule has 0 fully saturated rings. The molecule has 0 spiro atoms. The van der Waals surface area contributed by atoms with Crippen LogP contribution in [0.15, 0.2) is 85.1 Å². The summed E-state index contributed by atoms with van der Waals surface area (Å²) in [5.74, 6) is 0.345. The number of anilines is 4. The minimum absolute atomic E-state index is 0.243. The molecule has 5 nitrogen and oxygen atoms in total. The molecule has 7 heteroatoms. The van der Waals surface area contributed by atoms with Gasteiger partial charge < -0.3 is 15.4 Å². The van der Waals surface area contributed by atoms with Crippen molar-refractivity contribution in [1.29, 1.82) is 0 Å². The van der Waals surface area contributed by atoms with Gasteiger partial charge in [-0.3, -0.25) is 0 Å². The summed E-state index contributed by atoms with van der Waals surface area (Å²) in [6.07, 6.45) is 1.48. The number of ether oxygens (including phenoxy) is 1. The first-order chi connectivity index (χ1) is 14.2. The number of hydrogen-bond donors (Lipinski definition) is 2. The maximum Gasteiger partial charge on any atom is 0.229 e. The zero-order chi connectivity index (χ0) is 20.1. The molecule has 1 heterocycles. The van der Waals surface area contributed by atoms with Crippen LogP contribution in [0, 0.1) is 11.6 Å². The first-order valence-electron chi connectivity index (χ1n) is 8.82. The van der Waals surface area contributed by atoms with E-state index in [-0.39, 0.29) is 17.5 Å². The molecule has 0 saturated carbocycles. The van der Waals surface area contributed by atoms with Gasteiger partial charge in [-0.05, 0) is 42.5 Å². The highest BCUT2D eigenvalue weighted by Gasteiger charge is 2.11. The maximum atomic E-state index is 13.9. The van der Waals surface area contributed by atoms with Crippen molar-refractivity contribution < 1.29 is 13.5 Å². The molecule has 29 heavy (non-hydrogen) atoms. The summed E-state index contributed by atoms with van der Waals surface area (Å²) in [6, 6.07) is 21.8. The maximum absolute atomic E-state index is 13.9. The Labute approximate surface area is 166 Å². The zero-order valence-electron chi connectivity index (χ0n) is 15.1. The third-order valence-electron chi connectivity index (χ3n) is 3.98. The minimum Gasteiger partial charge on any atom is -0.455 e. The van der Waals surface area contributed by atoms with E-state index >= 15 is 0 Å². The van der Waals surface area contributed by atoms with Gasteiger partial charge in [0.15, 0.2) is 5.75 Å². The molecule has 3 aromatic carbocycles. The van der Waals surface area contributed by atoms with Gasteiger partial charge in [-0.2, -0.15) is 4.98 Å². The summed E-state index contributed by atoms with van der Waals surface area (Å²) in [5, 5.41) is 5.72. The van der Waals surface area contributed by atoms with E-state index in [0.717, 1.165) is 0 Å². The van der Waals surface area contributed by atoms with Crippen molar-refractivity contribution >= 4 is 23.1 Å². The van der Waals surface area contributed by atoms with Gasteiger partial charge in [0.1, 0.15) is 28.9 Å². The second-order valence-electron chi connectivity index (χ2n) is 6.02. The summed E-state index contributed by atoms with van der Waals surface area (Å²) in [4.78, 5) is 8.44. The second-order valence-corrected chi connectivity index (χ2v) is 6.02. The Balaban J connectivity index is 1.56. The van der Waals surface area contributed by atoms with Crippen LogP contribution >= 0.6 is 0 Å². The topological polar surface area (TPSA) is 59.1 Å². The third kappa shape index (κ3) is 4.47. The second kappa shape index (κ2) is 8.35. The Bertz CT molecular complexity index is 1100. The predicted molar refractivity (Wildman–Crippen MR) is 108 cm³/mol. The van der Waals surface area contributed by atoms with Crippen LogP contribution < -0.4 is 15.4 Å². The molecule has 0 aliphatic carbocycles. The fourth-order valence-electron chi connectivity index (χ4n) is 2.63. The largest absolute Gasteiger partial charge is 0.455 e. The number of aromatic nitrogens is 2. The normalized spacial score (nSPS) is 10.4. The summed E-state index contributed by atoms with van der Waals surface area (Å²) < 4.78 is 33.6. The van der Waals surface area contributed by atoms with Gasteiger partial charge in [-0.25, -0.2) is 13.8 Å². The van der Waals surface area contributed by atoms with Crippen LogP contribution in [-0.2, 0) is 0 Å². The van der Waals surface area contributed by atoms with E-state index in [9.17, 15) is 8.78 Å². The summed E-state index contributed by atoms with van der Waals surface area (Å²) in [6.45, 7) is 0. The highest BCUT2D eigenvalue weighted by atomic mass is 19.1. The van der Waals surface area contributed by atoms with Crippen molar-refractivity contribution in [3.63, 3.8) is 0 Å². The number of nitrogens with one attached hydrogen (secondary N) is 2. The molecule has 0 unspecified atom stereocenters. The van der Waals surface area contributed by atoms with Crippen LogP contribution in [0.4, 0.5) is 31.9 Å². The Morgan fingerprint density at radius 2 is 1.45 bits per heavy atom. The predicted octanol–water partition coefficient (Wildman–Crippen LogP) is 6.03. The Kier molecular flexibility index (Phi) is 5.29. The first-order valence-corrected chi connectivity index (χ1v) is 8.82. The van der Waals surface area contributed by atoms with Crippen molar-refractivity contribution in [1.82, 2.24) is 9.97 Å². The van der Waals surface area contributed by atoms with Gasteiger partial charge in [0.05, 0.1) is 5.69 Å². The molecule has 0 aliphatic rings. The van der Waals surface area contributed by atoms with E-state index in [1.807, 2.05) is 54.6 Å².